The summed E-state index contributed by atoms with van der Waals surface area (Å²) in [6.07, 6.45) is 0. The van der Waals surface area contributed by atoms with E-state index < -0.39 is 17.9 Å². The smallest absolute Gasteiger partial charge is 0.326 e. The summed E-state index contributed by atoms with van der Waals surface area (Å²) in [6.45, 7) is 3.45. The molecule has 22 heavy (non-hydrogen) atoms. The molecule has 6 nitrogen and oxygen atoms in total. The third-order valence-corrected chi connectivity index (χ3v) is 3.52. The Morgan fingerprint density at radius 3 is 2.59 bits per heavy atom. The Labute approximate surface area is 132 Å². The third kappa shape index (κ3) is 3.46. The van der Waals surface area contributed by atoms with Crippen molar-refractivity contribution in [1.29, 1.82) is 0 Å². The Bertz CT molecular complexity index is 697. The fourth-order valence-corrected chi connectivity index (χ4v) is 2.21. The highest BCUT2D eigenvalue weighted by molar-refractivity contribution is 6.33. The van der Waals surface area contributed by atoms with Crippen molar-refractivity contribution in [2.75, 3.05) is 0 Å². The van der Waals surface area contributed by atoms with E-state index in [1.807, 2.05) is 6.07 Å². The zero-order chi connectivity index (χ0) is 16.3. The van der Waals surface area contributed by atoms with Gasteiger partial charge in [-0.3, -0.25) is 9.89 Å². The standard InChI is InChI=1S/C15H16ClN3O3/c1-8(2)13(15(21)22)17-14(20)12-7-11(18-19-12)9-5-3-4-6-10(9)16/h3-8,13H,1-2H3,(H,17,20)(H,18,19)(H,21,22). The molecular formula is C15H16ClN3O3. The average Bonchev–Trinajstić information content (AvgIpc) is 2.94. The molecule has 1 amide bonds. The summed E-state index contributed by atoms with van der Waals surface area (Å²) in [4.78, 5) is 23.2. The molecule has 0 aliphatic heterocycles. The minimum absolute atomic E-state index is 0.182. The van der Waals surface area contributed by atoms with Crippen LogP contribution in [0.4, 0.5) is 0 Å². The zero-order valence-electron chi connectivity index (χ0n) is 12.1. The van der Waals surface area contributed by atoms with Crippen molar-refractivity contribution in [1.82, 2.24) is 15.5 Å². The number of carbonyl (C=O) groups is 2. The van der Waals surface area contributed by atoms with Crippen LogP contribution in [-0.4, -0.2) is 33.2 Å². The van der Waals surface area contributed by atoms with E-state index in [2.05, 4.69) is 15.5 Å². The molecule has 0 aliphatic rings. The second kappa shape index (κ2) is 6.62. The predicted octanol–water partition coefficient (Wildman–Crippen LogP) is 2.57. The molecule has 0 bridgehead atoms. The summed E-state index contributed by atoms with van der Waals surface area (Å²) in [5.74, 6) is -1.83. The number of aromatic amines is 1. The molecule has 2 aromatic rings. The minimum Gasteiger partial charge on any atom is -0.480 e. The lowest BCUT2D eigenvalue weighted by Gasteiger charge is -2.17. The van der Waals surface area contributed by atoms with Gasteiger partial charge in [-0.2, -0.15) is 5.10 Å². The van der Waals surface area contributed by atoms with Crippen molar-refractivity contribution >= 4 is 23.5 Å². The van der Waals surface area contributed by atoms with Gasteiger partial charge < -0.3 is 10.4 Å². The highest BCUT2D eigenvalue weighted by atomic mass is 35.5. The van der Waals surface area contributed by atoms with E-state index in [0.717, 1.165) is 0 Å². The van der Waals surface area contributed by atoms with E-state index in [4.69, 9.17) is 16.7 Å². The normalized spacial score (nSPS) is 12.2. The number of carboxylic acids is 1. The second-order valence-corrected chi connectivity index (χ2v) is 5.59. The molecule has 0 aliphatic carbocycles. The Morgan fingerprint density at radius 2 is 2.00 bits per heavy atom. The molecule has 1 aromatic carbocycles. The maximum absolute atomic E-state index is 12.1. The van der Waals surface area contributed by atoms with Crippen LogP contribution in [-0.2, 0) is 4.79 Å². The largest absolute Gasteiger partial charge is 0.480 e. The molecule has 0 spiro atoms. The average molecular weight is 322 g/mol. The highest BCUT2D eigenvalue weighted by Crippen LogP contribution is 2.26. The number of aliphatic carboxylic acids is 1. The van der Waals surface area contributed by atoms with E-state index in [1.165, 1.54) is 6.07 Å². The first-order valence-electron chi connectivity index (χ1n) is 6.74. The summed E-state index contributed by atoms with van der Waals surface area (Å²) in [5, 5.41) is 18.7. The maximum atomic E-state index is 12.1. The van der Waals surface area contributed by atoms with Crippen LogP contribution in [0.15, 0.2) is 30.3 Å². The van der Waals surface area contributed by atoms with Crippen LogP contribution in [0.3, 0.4) is 0 Å². The fourth-order valence-electron chi connectivity index (χ4n) is 1.98. The SMILES string of the molecule is CC(C)C(NC(=O)c1cc(-c2ccccc2Cl)n[nH]1)C(=O)O. The first-order valence-corrected chi connectivity index (χ1v) is 7.12. The topological polar surface area (TPSA) is 95.1 Å². The maximum Gasteiger partial charge on any atom is 0.326 e. The number of nitrogens with one attached hydrogen (secondary N) is 2. The zero-order valence-corrected chi connectivity index (χ0v) is 12.9. The van der Waals surface area contributed by atoms with Crippen molar-refractivity contribution in [3.63, 3.8) is 0 Å². The number of halogens is 1. The van der Waals surface area contributed by atoms with Crippen molar-refractivity contribution in [3.05, 3.63) is 41.0 Å². The number of carbonyl (C=O) groups excluding carboxylic acids is 1. The lowest BCUT2D eigenvalue weighted by atomic mass is 10.0. The van der Waals surface area contributed by atoms with Gasteiger partial charge in [-0.25, -0.2) is 4.79 Å². The molecule has 0 fully saturated rings. The van der Waals surface area contributed by atoms with Gasteiger partial charge in [-0.15, -0.1) is 0 Å². The number of benzene rings is 1. The molecule has 3 N–H and O–H groups in total. The number of rotatable bonds is 5. The summed E-state index contributed by atoms with van der Waals surface area (Å²) in [6, 6.07) is 7.70. The number of hydrogen-bond acceptors (Lipinski definition) is 3. The molecule has 116 valence electrons. The Kier molecular flexibility index (Phi) is 4.82. The summed E-state index contributed by atoms with van der Waals surface area (Å²) in [5.41, 5.74) is 1.40. The van der Waals surface area contributed by atoms with Gasteiger partial charge in [0, 0.05) is 5.56 Å². The first kappa shape index (κ1) is 16.0. The Hall–Kier alpha value is -2.34. The van der Waals surface area contributed by atoms with Crippen LogP contribution in [0.25, 0.3) is 11.3 Å². The van der Waals surface area contributed by atoms with E-state index in [0.29, 0.717) is 16.3 Å². The van der Waals surface area contributed by atoms with Gasteiger partial charge >= 0.3 is 5.97 Å². The lowest BCUT2D eigenvalue weighted by Crippen LogP contribution is -2.44. The molecule has 1 heterocycles. The summed E-state index contributed by atoms with van der Waals surface area (Å²) < 4.78 is 0. The van der Waals surface area contributed by atoms with E-state index in [9.17, 15) is 9.59 Å². The number of nitrogens with zero attached hydrogens (tertiary/aromatic N) is 1. The van der Waals surface area contributed by atoms with Crippen molar-refractivity contribution in [2.45, 2.75) is 19.9 Å². The van der Waals surface area contributed by atoms with Crippen LogP contribution in [0.5, 0.6) is 0 Å². The van der Waals surface area contributed by atoms with Crippen molar-refractivity contribution in [3.8, 4) is 11.3 Å². The molecule has 1 aromatic heterocycles. The van der Waals surface area contributed by atoms with E-state index >= 15 is 0 Å². The molecule has 7 heteroatoms. The van der Waals surface area contributed by atoms with Crippen LogP contribution in [0.1, 0.15) is 24.3 Å². The van der Waals surface area contributed by atoms with Gasteiger partial charge in [-0.05, 0) is 18.1 Å². The molecule has 2 rings (SSSR count). The quantitative estimate of drug-likeness (QED) is 0.788. The molecule has 0 radical (unpaired) electrons. The van der Waals surface area contributed by atoms with Crippen LogP contribution in [0.2, 0.25) is 5.02 Å². The number of H-pyrrole nitrogens is 1. The Morgan fingerprint density at radius 1 is 1.32 bits per heavy atom. The van der Waals surface area contributed by atoms with Gasteiger partial charge in [0.1, 0.15) is 11.7 Å². The highest BCUT2D eigenvalue weighted by Gasteiger charge is 2.24. The molecule has 0 saturated carbocycles. The second-order valence-electron chi connectivity index (χ2n) is 5.18. The summed E-state index contributed by atoms with van der Waals surface area (Å²) >= 11 is 6.08. The van der Waals surface area contributed by atoms with Crippen molar-refractivity contribution < 1.29 is 14.7 Å². The van der Waals surface area contributed by atoms with Gasteiger partial charge in [0.15, 0.2) is 0 Å². The molecule has 0 saturated heterocycles. The fraction of sp³-hybridized carbons (Fsp3) is 0.267. The van der Waals surface area contributed by atoms with Crippen molar-refractivity contribution in [2.24, 2.45) is 5.92 Å². The van der Waals surface area contributed by atoms with Gasteiger partial charge in [0.25, 0.3) is 5.91 Å². The molecule has 1 atom stereocenters. The van der Waals surface area contributed by atoms with Crippen LogP contribution >= 0.6 is 11.6 Å². The third-order valence-electron chi connectivity index (χ3n) is 3.19. The predicted molar refractivity (Wildman–Crippen MR) is 82.8 cm³/mol. The lowest BCUT2D eigenvalue weighted by molar-refractivity contribution is -0.140. The van der Waals surface area contributed by atoms with Gasteiger partial charge in [0.05, 0.1) is 10.7 Å². The number of carboxylic acid groups (broad SMARTS) is 1. The van der Waals surface area contributed by atoms with Gasteiger partial charge in [-0.1, -0.05) is 43.6 Å². The first-order chi connectivity index (χ1) is 10.4. The number of amides is 1. The summed E-state index contributed by atoms with van der Waals surface area (Å²) in [7, 11) is 0. The van der Waals surface area contributed by atoms with E-state index in [-0.39, 0.29) is 11.6 Å². The van der Waals surface area contributed by atoms with Gasteiger partial charge in [0.2, 0.25) is 0 Å². The number of hydrogen-bond donors (Lipinski definition) is 3. The number of aromatic nitrogens is 2. The minimum atomic E-state index is -1.07. The van der Waals surface area contributed by atoms with Crippen LogP contribution in [0, 0.1) is 5.92 Å². The van der Waals surface area contributed by atoms with Crippen LogP contribution < -0.4 is 5.32 Å². The van der Waals surface area contributed by atoms with E-state index in [1.54, 1.807) is 32.0 Å². The Balaban J connectivity index is 2.19. The molecular weight excluding hydrogens is 306 g/mol. The molecule has 1 unspecified atom stereocenters. The monoisotopic (exact) mass is 321 g/mol.